The minimum Gasteiger partial charge on any atom is -0.264 e. The second-order valence-electron chi connectivity index (χ2n) is 5.02. The summed E-state index contributed by atoms with van der Waals surface area (Å²) < 4.78 is 27.0. The normalized spacial score (nSPS) is 14.4. The highest BCUT2D eigenvalue weighted by atomic mass is 35.5. The SMILES string of the molecule is O=[N+]([O-])c1cc(S(=O)(=O)N2CCCc3ncccc32)ccc1Cl. The van der Waals surface area contributed by atoms with Crippen LogP contribution in [0.2, 0.25) is 5.02 Å². The molecule has 1 aromatic heterocycles. The highest BCUT2D eigenvalue weighted by molar-refractivity contribution is 7.92. The van der Waals surface area contributed by atoms with Gasteiger partial charge >= 0.3 is 0 Å². The Hall–Kier alpha value is -2.19. The second-order valence-corrected chi connectivity index (χ2v) is 7.29. The molecule has 1 aliphatic rings. The van der Waals surface area contributed by atoms with E-state index in [9.17, 15) is 18.5 Å². The molecule has 0 aliphatic carbocycles. The summed E-state index contributed by atoms with van der Waals surface area (Å²) in [5.74, 6) is 0. The van der Waals surface area contributed by atoms with E-state index in [-0.39, 0.29) is 9.92 Å². The van der Waals surface area contributed by atoms with E-state index in [4.69, 9.17) is 11.6 Å². The van der Waals surface area contributed by atoms with Gasteiger partial charge in [0.15, 0.2) is 0 Å². The fourth-order valence-electron chi connectivity index (χ4n) is 2.53. The molecule has 0 fully saturated rings. The molecule has 2 aromatic rings. The number of rotatable bonds is 3. The third-order valence-electron chi connectivity index (χ3n) is 3.61. The smallest absolute Gasteiger partial charge is 0.264 e. The lowest BCUT2D eigenvalue weighted by molar-refractivity contribution is -0.384. The van der Waals surface area contributed by atoms with E-state index < -0.39 is 20.6 Å². The zero-order chi connectivity index (χ0) is 16.6. The molecule has 9 heteroatoms. The standard InChI is InChI=1S/C14H12ClN3O4S/c15-11-6-5-10(9-14(11)18(19)20)23(21,22)17-8-2-3-12-13(17)4-1-7-16-12/h1,4-7,9H,2-3,8H2. The van der Waals surface area contributed by atoms with Crippen molar-refractivity contribution in [1.29, 1.82) is 0 Å². The fraction of sp³-hybridized carbons (Fsp3) is 0.214. The van der Waals surface area contributed by atoms with Crippen LogP contribution < -0.4 is 4.31 Å². The Morgan fingerprint density at radius 3 is 2.83 bits per heavy atom. The molecule has 23 heavy (non-hydrogen) atoms. The van der Waals surface area contributed by atoms with E-state index in [0.717, 1.165) is 6.07 Å². The Balaban J connectivity index is 2.10. The van der Waals surface area contributed by atoms with E-state index in [1.54, 1.807) is 18.3 Å². The third kappa shape index (κ3) is 2.75. The second kappa shape index (κ2) is 5.78. The van der Waals surface area contributed by atoms with Gasteiger partial charge in [0.05, 0.1) is 21.2 Å². The van der Waals surface area contributed by atoms with Crippen molar-refractivity contribution in [2.45, 2.75) is 17.7 Å². The first-order valence-corrected chi connectivity index (χ1v) is 8.63. The van der Waals surface area contributed by atoms with Gasteiger partial charge in [-0.2, -0.15) is 0 Å². The Bertz CT molecular complexity index is 885. The van der Waals surface area contributed by atoms with E-state index in [1.807, 2.05) is 0 Å². The number of hydrogen-bond acceptors (Lipinski definition) is 5. The zero-order valence-electron chi connectivity index (χ0n) is 11.8. The quantitative estimate of drug-likeness (QED) is 0.624. The van der Waals surface area contributed by atoms with Gasteiger partial charge in [-0.1, -0.05) is 11.6 Å². The first kappa shape index (κ1) is 15.7. The largest absolute Gasteiger partial charge is 0.289 e. The molecule has 0 amide bonds. The Morgan fingerprint density at radius 1 is 1.30 bits per heavy atom. The van der Waals surface area contributed by atoms with Crippen LogP contribution in [0.1, 0.15) is 12.1 Å². The van der Waals surface area contributed by atoms with Crippen LogP contribution in [0.15, 0.2) is 41.4 Å². The highest BCUT2D eigenvalue weighted by Crippen LogP contribution is 2.33. The topological polar surface area (TPSA) is 93.4 Å². The number of aromatic nitrogens is 1. The molecule has 0 bridgehead atoms. The number of nitro benzene ring substituents is 1. The van der Waals surface area contributed by atoms with Crippen LogP contribution in [0.5, 0.6) is 0 Å². The van der Waals surface area contributed by atoms with Gasteiger partial charge in [-0.25, -0.2) is 8.42 Å². The maximum atomic E-state index is 12.9. The summed E-state index contributed by atoms with van der Waals surface area (Å²) in [7, 11) is -3.92. The fourth-order valence-corrected chi connectivity index (χ4v) is 4.27. The van der Waals surface area contributed by atoms with Gasteiger partial charge in [0.1, 0.15) is 5.02 Å². The number of hydrogen-bond donors (Lipinski definition) is 0. The summed E-state index contributed by atoms with van der Waals surface area (Å²) in [5.41, 5.74) is 0.776. The molecular weight excluding hydrogens is 342 g/mol. The molecule has 0 atom stereocenters. The van der Waals surface area contributed by atoms with Crippen LogP contribution in [0.3, 0.4) is 0 Å². The van der Waals surface area contributed by atoms with Crippen LogP contribution in [0.4, 0.5) is 11.4 Å². The van der Waals surface area contributed by atoms with Crippen molar-refractivity contribution in [2.24, 2.45) is 0 Å². The van der Waals surface area contributed by atoms with Gasteiger partial charge in [-0.3, -0.25) is 19.4 Å². The van der Waals surface area contributed by atoms with Crippen molar-refractivity contribution in [3.05, 3.63) is 57.4 Å². The number of benzene rings is 1. The van der Waals surface area contributed by atoms with Crippen LogP contribution in [-0.2, 0) is 16.4 Å². The number of anilines is 1. The van der Waals surface area contributed by atoms with Crippen molar-refractivity contribution >= 4 is 33.0 Å². The lowest BCUT2D eigenvalue weighted by Crippen LogP contribution is -2.35. The highest BCUT2D eigenvalue weighted by Gasteiger charge is 2.31. The molecule has 120 valence electrons. The number of fused-ring (bicyclic) bond motifs is 1. The first-order valence-electron chi connectivity index (χ1n) is 6.82. The zero-order valence-corrected chi connectivity index (χ0v) is 13.4. The molecule has 1 aliphatic heterocycles. The summed E-state index contributed by atoms with van der Waals surface area (Å²) in [4.78, 5) is 14.3. The Morgan fingerprint density at radius 2 is 2.09 bits per heavy atom. The lowest BCUT2D eigenvalue weighted by atomic mass is 10.1. The molecule has 0 N–H and O–H groups in total. The Kier molecular flexibility index (Phi) is 3.95. The number of aryl methyl sites for hydroxylation is 1. The average Bonchev–Trinajstić information content (AvgIpc) is 2.54. The van der Waals surface area contributed by atoms with Gasteiger partial charge in [0.25, 0.3) is 15.7 Å². The van der Waals surface area contributed by atoms with Gasteiger partial charge < -0.3 is 0 Å². The number of halogens is 1. The molecule has 7 nitrogen and oxygen atoms in total. The predicted octanol–water partition coefficient (Wildman–Crippen LogP) is 2.78. The van der Waals surface area contributed by atoms with Crippen molar-refractivity contribution in [1.82, 2.24) is 4.98 Å². The van der Waals surface area contributed by atoms with Gasteiger partial charge in [0, 0.05) is 18.8 Å². The molecule has 0 saturated carbocycles. The van der Waals surface area contributed by atoms with Crippen LogP contribution in [0.25, 0.3) is 0 Å². The summed E-state index contributed by atoms with van der Waals surface area (Å²) in [5, 5.41) is 10.9. The summed E-state index contributed by atoms with van der Waals surface area (Å²) in [6.45, 7) is 0.303. The minimum atomic E-state index is -3.92. The summed E-state index contributed by atoms with van der Waals surface area (Å²) >= 11 is 5.75. The predicted molar refractivity (Wildman–Crippen MR) is 85.2 cm³/mol. The van der Waals surface area contributed by atoms with Gasteiger partial charge in [-0.15, -0.1) is 0 Å². The molecule has 2 heterocycles. The summed E-state index contributed by atoms with van der Waals surface area (Å²) in [6, 6.07) is 6.83. The first-order chi connectivity index (χ1) is 10.9. The molecule has 1 aromatic carbocycles. The van der Waals surface area contributed by atoms with Crippen molar-refractivity contribution in [2.75, 3.05) is 10.8 Å². The summed E-state index contributed by atoms with van der Waals surface area (Å²) in [6.07, 6.45) is 2.95. The lowest BCUT2D eigenvalue weighted by Gasteiger charge is -2.29. The van der Waals surface area contributed by atoms with Crippen molar-refractivity contribution in [3.8, 4) is 0 Å². The van der Waals surface area contributed by atoms with E-state index >= 15 is 0 Å². The van der Waals surface area contributed by atoms with E-state index in [0.29, 0.717) is 30.8 Å². The van der Waals surface area contributed by atoms with Crippen molar-refractivity contribution in [3.63, 3.8) is 0 Å². The molecule has 0 radical (unpaired) electrons. The molecule has 0 unspecified atom stereocenters. The molecular formula is C14H12ClN3O4S. The number of sulfonamides is 1. The number of nitrogens with zero attached hydrogens (tertiary/aromatic N) is 3. The van der Waals surface area contributed by atoms with Crippen LogP contribution >= 0.6 is 11.6 Å². The number of nitro groups is 1. The van der Waals surface area contributed by atoms with Gasteiger partial charge in [-0.05, 0) is 37.1 Å². The monoisotopic (exact) mass is 353 g/mol. The molecule has 0 spiro atoms. The Labute approximate surface area is 137 Å². The third-order valence-corrected chi connectivity index (χ3v) is 5.74. The van der Waals surface area contributed by atoms with Crippen LogP contribution in [-0.4, -0.2) is 24.9 Å². The van der Waals surface area contributed by atoms with Crippen LogP contribution in [0, 0.1) is 10.1 Å². The minimum absolute atomic E-state index is 0.102. The van der Waals surface area contributed by atoms with E-state index in [1.165, 1.54) is 16.4 Å². The maximum Gasteiger partial charge on any atom is 0.289 e. The number of pyridine rings is 1. The van der Waals surface area contributed by atoms with Gasteiger partial charge in [0.2, 0.25) is 0 Å². The average molecular weight is 354 g/mol. The van der Waals surface area contributed by atoms with E-state index in [2.05, 4.69) is 4.98 Å². The maximum absolute atomic E-state index is 12.9. The molecule has 0 saturated heterocycles. The van der Waals surface area contributed by atoms with Crippen molar-refractivity contribution < 1.29 is 13.3 Å². The molecule has 3 rings (SSSR count).